The van der Waals surface area contributed by atoms with Crippen molar-refractivity contribution in [1.82, 2.24) is 19.9 Å². The van der Waals surface area contributed by atoms with E-state index in [2.05, 4.69) is 127 Å². The summed E-state index contributed by atoms with van der Waals surface area (Å²) in [7, 11) is 0. The van der Waals surface area contributed by atoms with Crippen LogP contribution in [0.5, 0.6) is 0 Å². The first-order valence-electron chi connectivity index (χ1n) is 18.3. The molecule has 55 heavy (non-hydrogen) atoms. The molecule has 10 rings (SSSR count). The molecular weight excluding hydrogens is 689 g/mol. The summed E-state index contributed by atoms with van der Waals surface area (Å²) < 4.78 is 2.48. The van der Waals surface area contributed by atoms with Gasteiger partial charge in [0.25, 0.3) is 0 Å². The Balaban J connectivity index is 1.23. The topological polar surface area (TPSA) is 51.6 Å². The Labute approximate surface area is 323 Å². The third kappa shape index (κ3) is 6.17. The second kappa shape index (κ2) is 14.0. The first kappa shape index (κ1) is 32.6. The molecule has 0 aliphatic rings. The number of fused-ring (bicyclic) bond motifs is 3. The standard InChI is InChI=1S/C50H32N4S/c1-6-17-33(18-7-1)38-31-41(35-21-10-3-11-22-35)46-42(32-38)45-40(30-29-39(47(45)55-46)34-19-8-2-9-20-34)43-27-16-28-44(51-43)50-53-48(36-23-12-4-13-24-36)52-49(54-50)37-25-14-5-15-26-37/h1-32H. The van der Waals surface area contributed by atoms with Gasteiger partial charge >= 0.3 is 0 Å². The summed E-state index contributed by atoms with van der Waals surface area (Å²) in [5.74, 6) is 1.74. The molecule has 0 saturated heterocycles. The lowest BCUT2D eigenvalue weighted by atomic mass is 9.93. The number of aromatic nitrogens is 4. The van der Waals surface area contributed by atoms with Crippen LogP contribution in [0.3, 0.4) is 0 Å². The van der Waals surface area contributed by atoms with E-state index in [0.29, 0.717) is 23.2 Å². The third-order valence-corrected chi connectivity index (χ3v) is 11.2. The molecule has 0 aliphatic carbocycles. The van der Waals surface area contributed by atoms with Crippen LogP contribution >= 0.6 is 11.3 Å². The summed E-state index contributed by atoms with van der Waals surface area (Å²) in [5.41, 5.74) is 11.6. The van der Waals surface area contributed by atoms with Crippen molar-refractivity contribution in [3.05, 3.63) is 194 Å². The Kier molecular flexibility index (Phi) is 8.32. The summed E-state index contributed by atoms with van der Waals surface area (Å²) in [4.78, 5) is 20.2. The Bertz CT molecular complexity index is 2890. The fourth-order valence-corrected chi connectivity index (χ4v) is 8.68. The predicted octanol–water partition coefficient (Wildman–Crippen LogP) is 13.3. The molecule has 3 heterocycles. The molecule has 7 aromatic carbocycles. The van der Waals surface area contributed by atoms with Crippen LogP contribution < -0.4 is 0 Å². The molecule has 10 aromatic rings. The number of thiophene rings is 1. The number of rotatable bonds is 7. The number of benzene rings is 7. The number of hydrogen-bond acceptors (Lipinski definition) is 5. The summed E-state index contributed by atoms with van der Waals surface area (Å²) in [6.45, 7) is 0. The van der Waals surface area contributed by atoms with Crippen LogP contribution in [-0.4, -0.2) is 19.9 Å². The van der Waals surface area contributed by atoms with Crippen LogP contribution in [0.25, 0.3) is 99.1 Å². The Morgan fingerprint density at radius 2 is 0.764 bits per heavy atom. The van der Waals surface area contributed by atoms with Crippen molar-refractivity contribution in [3.63, 3.8) is 0 Å². The second-order valence-electron chi connectivity index (χ2n) is 13.4. The van der Waals surface area contributed by atoms with Crippen molar-refractivity contribution < 1.29 is 0 Å². The zero-order valence-electron chi connectivity index (χ0n) is 29.7. The summed E-state index contributed by atoms with van der Waals surface area (Å²) in [6.07, 6.45) is 0. The van der Waals surface area contributed by atoms with Gasteiger partial charge in [0, 0.05) is 42.4 Å². The maximum atomic E-state index is 5.33. The van der Waals surface area contributed by atoms with Crippen LogP contribution in [0.4, 0.5) is 0 Å². The fourth-order valence-electron chi connectivity index (χ4n) is 7.30. The van der Waals surface area contributed by atoms with Crippen LogP contribution in [0, 0.1) is 0 Å². The molecule has 0 aliphatic heterocycles. The monoisotopic (exact) mass is 720 g/mol. The first-order chi connectivity index (χ1) is 27.3. The Hall–Kier alpha value is -7.08. The normalized spacial score (nSPS) is 11.3. The maximum absolute atomic E-state index is 5.33. The molecule has 0 fully saturated rings. The number of pyridine rings is 1. The van der Waals surface area contributed by atoms with Gasteiger partial charge in [-0.1, -0.05) is 170 Å². The average molecular weight is 721 g/mol. The molecule has 0 spiro atoms. The smallest absolute Gasteiger partial charge is 0.182 e. The van der Waals surface area contributed by atoms with E-state index in [9.17, 15) is 0 Å². The van der Waals surface area contributed by atoms with E-state index >= 15 is 0 Å². The maximum Gasteiger partial charge on any atom is 0.182 e. The van der Waals surface area contributed by atoms with Crippen molar-refractivity contribution in [2.24, 2.45) is 0 Å². The highest BCUT2D eigenvalue weighted by atomic mass is 32.1. The quantitative estimate of drug-likeness (QED) is 0.164. The van der Waals surface area contributed by atoms with Crippen LogP contribution in [-0.2, 0) is 0 Å². The van der Waals surface area contributed by atoms with Crippen LogP contribution in [0.1, 0.15) is 0 Å². The minimum Gasteiger partial charge on any atom is -0.244 e. The van der Waals surface area contributed by atoms with Gasteiger partial charge in [-0.05, 0) is 52.1 Å². The lowest BCUT2D eigenvalue weighted by molar-refractivity contribution is 1.06. The number of nitrogens with zero attached hydrogens (tertiary/aromatic N) is 4. The highest BCUT2D eigenvalue weighted by Gasteiger charge is 2.21. The molecular formula is C50H32N4S. The third-order valence-electron chi connectivity index (χ3n) is 9.95. The molecule has 0 saturated carbocycles. The van der Waals surface area contributed by atoms with E-state index in [1.54, 1.807) is 0 Å². The van der Waals surface area contributed by atoms with Gasteiger partial charge in [0.2, 0.25) is 0 Å². The minimum atomic E-state index is 0.527. The van der Waals surface area contributed by atoms with Gasteiger partial charge in [-0.25, -0.2) is 19.9 Å². The summed E-state index contributed by atoms with van der Waals surface area (Å²) in [6, 6.07) is 67.5. The molecule has 0 unspecified atom stereocenters. The van der Waals surface area contributed by atoms with E-state index in [0.717, 1.165) is 22.4 Å². The lowest BCUT2D eigenvalue weighted by Crippen LogP contribution is -2.01. The summed E-state index contributed by atoms with van der Waals surface area (Å²) in [5, 5.41) is 2.39. The second-order valence-corrected chi connectivity index (χ2v) is 14.4. The van der Waals surface area contributed by atoms with Gasteiger partial charge in [-0.2, -0.15) is 0 Å². The molecule has 5 heteroatoms. The van der Waals surface area contributed by atoms with E-state index < -0.39 is 0 Å². The van der Waals surface area contributed by atoms with Gasteiger partial charge in [0.15, 0.2) is 17.5 Å². The van der Waals surface area contributed by atoms with E-state index in [-0.39, 0.29) is 0 Å². The molecule has 258 valence electrons. The zero-order valence-corrected chi connectivity index (χ0v) is 30.5. The van der Waals surface area contributed by atoms with Crippen molar-refractivity contribution in [1.29, 1.82) is 0 Å². The molecule has 0 N–H and O–H groups in total. The minimum absolute atomic E-state index is 0.527. The van der Waals surface area contributed by atoms with Gasteiger partial charge in [-0.3, -0.25) is 0 Å². The molecule has 3 aromatic heterocycles. The van der Waals surface area contributed by atoms with Gasteiger partial charge < -0.3 is 0 Å². The molecule has 0 amide bonds. The van der Waals surface area contributed by atoms with Crippen molar-refractivity contribution in [3.8, 4) is 78.9 Å². The SMILES string of the molecule is c1ccc(-c2cc(-c3ccccc3)c3sc4c(-c5ccccc5)ccc(-c5cccc(-c6nc(-c7ccccc7)nc(-c7ccccc7)n6)n5)c4c3c2)cc1. The molecule has 0 bridgehead atoms. The van der Waals surface area contributed by atoms with E-state index in [4.69, 9.17) is 19.9 Å². The molecule has 4 nitrogen and oxygen atoms in total. The van der Waals surface area contributed by atoms with E-state index in [1.807, 2.05) is 78.1 Å². The van der Waals surface area contributed by atoms with Crippen LogP contribution in [0.2, 0.25) is 0 Å². The largest absolute Gasteiger partial charge is 0.244 e. The van der Waals surface area contributed by atoms with Crippen molar-refractivity contribution in [2.75, 3.05) is 0 Å². The highest BCUT2D eigenvalue weighted by molar-refractivity contribution is 7.27. The first-order valence-corrected chi connectivity index (χ1v) is 19.1. The predicted molar refractivity (Wildman–Crippen MR) is 229 cm³/mol. The fraction of sp³-hybridized carbons (Fsp3) is 0. The Morgan fingerprint density at radius 1 is 0.291 bits per heavy atom. The van der Waals surface area contributed by atoms with Crippen molar-refractivity contribution >= 4 is 31.5 Å². The Morgan fingerprint density at radius 3 is 1.35 bits per heavy atom. The van der Waals surface area contributed by atoms with E-state index in [1.165, 1.54) is 53.6 Å². The van der Waals surface area contributed by atoms with Gasteiger partial charge in [0.05, 0.1) is 5.69 Å². The molecule has 0 radical (unpaired) electrons. The molecule has 0 atom stereocenters. The lowest BCUT2D eigenvalue weighted by Gasteiger charge is -2.12. The zero-order chi connectivity index (χ0) is 36.6. The van der Waals surface area contributed by atoms with Crippen molar-refractivity contribution in [2.45, 2.75) is 0 Å². The van der Waals surface area contributed by atoms with Gasteiger partial charge in [-0.15, -0.1) is 11.3 Å². The van der Waals surface area contributed by atoms with Gasteiger partial charge in [0.1, 0.15) is 5.69 Å². The highest BCUT2D eigenvalue weighted by Crippen LogP contribution is 2.49. The summed E-state index contributed by atoms with van der Waals surface area (Å²) >= 11 is 1.86. The van der Waals surface area contributed by atoms with Crippen LogP contribution in [0.15, 0.2) is 194 Å². The number of hydrogen-bond donors (Lipinski definition) is 0. The average Bonchev–Trinajstić information content (AvgIpc) is 3.67.